The van der Waals surface area contributed by atoms with Crippen molar-refractivity contribution < 1.29 is 4.79 Å². The van der Waals surface area contributed by atoms with Crippen molar-refractivity contribution in [2.24, 2.45) is 5.10 Å². The van der Waals surface area contributed by atoms with E-state index in [4.69, 9.17) is 0 Å². The Labute approximate surface area is 111 Å². The normalized spacial score (nSPS) is 10.6. The first kappa shape index (κ1) is 12.9. The van der Waals surface area contributed by atoms with Crippen molar-refractivity contribution in [3.63, 3.8) is 0 Å². The van der Waals surface area contributed by atoms with Crippen LogP contribution in [-0.4, -0.2) is 22.1 Å². The van der Waals surface area contributed by atoms with Crippen LogP contribution in [0.5, 0.6) is 0 Å². The molecule has 2 aromatic rings. The Hall–Kier alpha value is -2.56. The van der Waals surface area contributed by atoms with E-state index in [-0.39, 0.29) is 11.6 Å². The van der Waals surface area contributed by atoms with E-state index < -0.39 is 0 Å². The zero-order valence-corrected chi connectivity index (χ0v) is 10.6. The van der Waals surface area contributed by atoms with Crippen molar-refractivity contribution in [1.82, 2.24) is 15.4 Å². The molecule has 96 valence electrons. The molecule has 0 saturated heterocycles. The van der Waals surface area contributed by atoms with E-state index >= 15 is 0 Å². The highest BCUT2D eigenvalue weighted by atomic mass is 16.2. The molecule has 1 aromatic carbocycles. The van der Waals surface area contributed by atoms with Crippen LogP contribution in [0.2, 0.25) is 0 Å². The summed E-state index contributed by atoms with van der Waals surface area (Å²) in [5.74, 6) is -0.380. The van der Waals surface area contributed by atoms with Crippen molar-refractivity contribution >= 4 is 12.1 Å². The smallest absolute Gasteiger partial charge is 0.265 e. The molecule has 5 nitrogen and oxygen atoms in total. The van der Waals surface area contributed by atoms with Crippen molar-refractivity contribution in [3.05, 3.63) is 59.7 Å². The van der Waals surface area contributed by atoms with E-state index in [1.165, 1.54) is 24.2 Å². The van der Waals surface area contributed by atoms with Crippen molar-refractivity contribution in [3.8, 4) is 0 Å². The van der Waals surface area contributed by atoms with Gasteiger partial charge in [-0.3, -0.25) is 9.78 Å². The predicted octanol–water partition coefficient (Wildman–Crippen LogP) is 1.80. The lowest BCUT2D eigenvalue weighted by Crippen LogP contribution is -2.19. The van der Waals surface area contributed by atoms with Gasteiger partial charge in [0.15, 0.2) is 0 Å². The molecule has 2 rings (SSSR count). The van der Waals surface area contributed by atoms with Gasteiger partial charge in [-0.25, -0.2) is 10.4 Å². The number of carbonyl (C=O) groups is 1. The number of carbonyl (C=O) groups excluding carboxylic acids is 1. The van der Waals surface area contributed by atoms with Gasteiger partial charge in [0.05, 0.1) is 12.4 Å². The minimum absolute atomic E-state index is 0.237. The second kappa shape index (κ2) is 6.39. The maximum atomic E-state index is 11.6. The number of rotatable bonds is 4. The summed E-state index contributed by atoms with van der Waals surface area (Å²) in [6.07, 6.45) is 6.95. The number of benzene rings is 1. The monoisotopic (exact) mass is 254 g/mol. The molecule has 0 aliphatic carbocycles. The number of hydrogen-bond acceptors (Lipinski definition) is 4. The molecular weight excluding hydrogens is 240 g/mol. The van der Waals surface area contributed by atoms with Gasteiger partial charge in [-0.05, 0) is 17.5 Å². The molecule has 0 spiro atoms. The highest BCUT2D eigenvalue weighted by molar-refractivity contribution is 5.92. The first-order chi connectivity index (χ1) is 9.29. The number of hydrogen-bond donors (Lipinski definition) is 1. The zero-order valence-electron chi connectivity index (χ0n) is 10.6. The number of aryl methyl sites for hydroxylation is 1. The number of hydrazone groups is 1. The SMILES string of the molecule is CCc1ccc(/C=N/NC(=O)c2cnccn2)cc1. The largest absolute Gasteiger partial charge is 0.291 e. The number of nitrogens with one attached hydrogen (secondary N) is 1. The maximum Gasteiger partial charge on any atom is 0.291 e. The highest BCUT2D eigenvalue weighted by Crippen LogP contribution is 2.02. The lowest BCUT2D eigenvalue weighted by atomic mass is 10.1. The third-order valence-electron chi connectivity index (χ3n) is 2.56. The van der Waals surface area contributed by atoms with E-state index in [0.29, 0.717) is 0 Å². The molecule has 0 atom stereocenters. The second-order valence-electron chi connectivity index (χ2n) is 3.88. The van der Waals surface area contributed by atoms with E-state index in [0.717, 1.165) is 12.0 Å². The van der Waals surface area contributed by atoms with Crippen LogP contribution >= 0.6 is 0 Å². The summed E-state index contributed by atoms with van der Waals surface area (Å²) in [5, 5.41) is 3.88. The van der Waals surface area contributed by atoms with E-state index in [1.54, 1.807) is 6.21 Å². The van der Waals surface area contributed by atoms with Crippen LogP contribution in [0.3, 0.4) is 0 Å². The van der Waals surface area contributed by atoms with E-state index in [2.05, 4.69) is 27.4 Å². The summed E-state index contributed by atoms with van der Waals surface area (Å²) in [6.45, 7) is 2.10. The van der Waals surface area contributed by atoms with Crippen molar-refractivity contribution in [2.45, 2.75) is 13.3 Å². The molecule has 0 aliphatic heterocycles. The Kier molecular flexibility index (Phi) is 4.34. The van der Waals surface area contributed by atoms with Crippen LogP contribution < -0.4 is 5.43 Å². The molecule has 0 aliphatic rings. The van der Waals surface area contributed by atoms with Crippen LogP contribution in [-0.2, 0) is 6.42 Å². The zero-order chi connectivity index (χ0) is 13.5. The van der Waals surface area contributed by atoms with Crippen LogP contribution in [0.15, 0.2) is 48.0 Å². The van der Waals surface area contributed by atoms with Gasteiger partial charge in [0.1, 0.15) is 5.69 Å². The van der Waals surface area contributed by atoms with Crippen LogP contribution in [0, 0.1) is 0 Å². The molecule has 5 heteroatoms. The summed E-state index contributed by atoms with van der Waals surface area (Å²) >= 11 is 0. The number of nitrogens with zero attached hydrogens (tertiary/aromatic N) is 3. The summed E-state index contributed by atoms with van der Waals surface area (Å²) in [6, 6.07) is 7.98. The molecule has 0 saturated carbocycles. The predicted molar refractivity (Wildman–Crippen MR) is 72.9 cm³/mol. The molecule has 1 amide bonds. The molecule has 0 unspecified atom stereocenters. The molecule has 0 bridgehead atoms. The minimum Gasteiger partial charge on any atom is -0.265 e. The quantitative estimate of drug-likeness (QED) is 0.668. The van der Waals surface area contributed by atoms with Gasteiger partial charge in [0, 0.05) is 12.4 Å². The van der Waals surface area contributed by atoms with Gasteiger partial charge in [-0.2, -0.15) is 5.10 Å². The lowest BCUT2D eigenvalue weighted by molar-refractivity contribution is 0.0950. The molecule has 0 radical (unpaired) electrons. The third kappa shape index (κ3) is 3.70. The van der Waals surface area contributed by atoms with E-state index in [1.807, 2.05) is 24.3 Å². The summed E-state index contributed by atoms with van der Waals surface area (Å²) in [7, 11) is 0. The average Bonchev–Trinajstić information content (AvgIpc) is 2.49. The van der Waals surface area contributed by atoms with Crippen LogP contribution in [0.25, 0.3) is 0 Å². The minimum atomic E-state index is -0.380. The van der Waals surface area contributed by atoms with Gasteiger partial charge < -0.3 is 0 Å². The van der Waals surface area contributed by atoms with Gasteiger partial charge in [-0.15, -0.1) is 0 Å². The standard InChI is InChI=1S/C14H14N4O/c1-2-11-3-5-12(6-4-11)9-17-18-14(19)13-10-15-7-8-16-13/h3-10H,2H2,1H3,(H,18,19)/b17-9+. The van der Waals surface area contributed by atoms with Gasteiger partial charge >= 0.3 is 0 Å². The lowest BCUT2D eigenvalue weighted by Gasteiger charge is -1.98. The van der Waals surface area contributed by atoms with Crippen LogP contribution in [0.4, 0.5) is 0 Å². The maximum absolute atomic E-state index is 11.6. The second-order valence-corrected chi connectivity index (χ2v) is 3.88. The fraction of sp³-hybridized carbons (Fsp3) is 0.143. The molecule has 1 aromatic heterocycles. The first-order valence-corrected chi connectivity index (χ1v) is 5.98. The number of aromatic nitrogens is 2. The van der Waals surface area contributed by atoms with Crippen molar-refractivity contribution in [1.29, 1.82) is 0 Å². The van der Waals surface area contributed by atoms with E-state index in [9.17, 15) is 4.79 Å². The van der Waals surface area contributed by atoms with Crippen LogP contribution in [0.1, 0.15) is 28.5 Å². The molecule has 1 heterocycles. The Morgan fingerprint density at radius 3 is 2.74 bits per heavy atom. The first-order valence-electron chi connectivity index (χ1n) is 5.98. The fourth-order valence-corrected chi connectivity index (χ4v) is 1.48. The molecule has 1 N–H and O–H groups in total. The Morgan fingerprint density at radius 1 is 1.32 bits per heavy atom. The van der Waals surface area contributed by atoms with Crippen molar-refractivity contribution in [2.75, 3.05) is 0 Å². The fourth-order valence-electron chi connectivity index (χ4n) is 1.48. The third-order valence-corrected chi connectivity index (χ3v) is 2.56. The van der Waals surface area contributed by atoms with Gasteiger partial charge in [0.25, 0.3) is 5.91 Å². The van der Waals surface area contributed by atoms with Gasteiger partial charge in [0.2, 0.25) is 0 Å². The Balaban J connectivity index is 1.94. The van der Waals surface area contributed by atoms with Gasteiger partial charge in [-0.1, -0.05) is 31.2 Å². The molecule has 19 heavy (non-hydrogen) atoms. The summed E-state index contributed by atoms with van der Waals surface area (Å²) in [4.78, 5) is 19.3. The topological polar surface area (TPSA) is 67.2 Å². The molecule has 0 fully saturated rings. The Bertz CT molecular complexity index is 564. The summed E-state index contributed by atoms with van der Waals surface area (Å²) in [5.41, 5.74) is 4.83. The summed E-state index contributed by atoms with van der Waals surface area (Å²) < 4.78 is 0. The molecular formula is C14H14N4O. The highest BCUT2D eigenvalue weighted by Gasteiger charge is 2.04. The number of amides is 1. The Morgan fingerprint density at radius 2 is 2.11 bits per heavy atom. The average molecular weight is 254 g/mol.